The molecular formula is C19H26IN5O. The summed E-state index contributed by atoms with van der Waals surface area (Å²) in [5, 5.41) is 9.08. The first-order chi connectivity index (χ1) is 12.3. The SMILES string of the molecule is CN=C(NCCc1ccccn1)NCC(=O)NCCc1ccccc1.I. The molecule has 0 saturated carbocycles. The highest BCUT2D eigenvalue weighted by Gasteiger charge is 2.03. The van der Waals surface area contributed by atoms with Gasteiger partial charge in [0.25, 0.3) is 0 Å². The van der Waals surface area contributed by atoms with Crippen molar-refractivity contribution in [2.75, 3.05) is 26.7 Å². The fourth-order valence-corrected chi connectivity index (χ4v) is 2.29. The van der Waals surface area contributed by atoms with Crippen LogP contribution in [-0.4, -0.2) is 43.5 Å². The molecule has 0 aliphatic heterocycles. The van der Waals surface area contributed by atoms with Crippen molar-refractivity contribution in [2.45, 2.75) is 12.8 Å². The summed E-state index contributed by atoms with van der Waals surface area (Å²) in [6, 6.07) is 15.9. The topological polar surface area (TPSA) is 78.4 Å². The monoisotopic (exact) mass is 467 g/mol. The van der Waals surface area contributed by atoms with Crippen molar-refractivity contribution >= 4 is 35.8 Å². The Labute approximate surface area is 171 Å². The van der Waals surface area contributed by atoms with E-state index >= 15 is 0 Å². The van der Waals surface area contributed by atoms with Gasteiger partial charge < -0.3 is 16.0 Å². The standard InChI is InChI=1S/C19H25N5O.HI/c1-20-19(23-14-11-17-9-5-6-12-21-17)24-15-18(25)22-13-10-16-7-3-2-4-8-16;/h2-9,12H,10-11,13-15H2,1H3,(H,22,25)(H2,20,23,24);1H. The van der Waals surface area contributed by atoms with Crippen LogP contribution in [0.3, 0.4) is 0 Å². The number of carbonyl (C=O) groups excluding carboxylic acids is 1. The van der Waals surface area contributed by atoms with Crippen LogP contribution in [-0.2, 0) is 17.6 Å². The van der Waals surface area contributed by atoms with Gasteiger partial charge in [-0.15, -0.1) is 24.0 Å². The molecule has 0 spiro atoms. The Kier molecular flexibility index (Phi) is 11.0. The average molecular weight is 467 g/mol. The summed E-state index contributed by atoms with van der Waals surface area (Å²) < 4.78 is 0. The van der Waals surface area contributed by atoms with Crippen molar-refractivity contribution in [3.05, 3.63) is 66.0 Å². The van der Waals surface area contributed by atoms with Crippen LogP contribution in [0.1, 0.15) is 11.3 Å². The summed E-state index contributed by atoms with van der Waals surface area (Å²) >= 11 is 0. The van der Waals surface area contributed by atoms with Crippen LogP contribution < -0.4 is 16.0 Å². The van der Waals surface area contributed by atoms with Crippen molar-refractivity contribution in [3.8, 4) is 0 Å². The quantitative estimate of drug-likeness (QED) is 0.314. The Morgan fingerprint density at radius 2 is 1.69 bits per heavy atom. The highest BCUT2D eigenvalue weighted by Crippen LogP contribution is 1.97. The Balaban J connectivity index is 0.00000338. The zero-order valence-electron chi connectivity index (χ0n) is 14.9. The van der Waals surface area contributed by atoms with E-state index in [-0.39, 0.29) is 36.4 Å². The summed E-state index contributed by atoms with van der Waals surface area (Å²) in [6.45, 7) is 1.51. The fourth-order valence-electron chi connectivity index (χ4n) is 2.29. The van der Waals surface area contributed by atoms with E-state index in [9.17, 15) is 4.79 Å². The maximum Gasteiger partial charge on any atom is 0.239 e. The number of nitrogens with one attached hydrogen (secondary N) is 3. The van der Waals surface area contributed by atoms with E-state index in [2.05, 4.69) is 38.1 Å². The smallest absolute Gasteiger partial charge is 0.239 e. The number of pyridine rings is 1. The molecule has 1 heterocycles. The second-order valence-electron chi connectivity index (χ2n) is 5.51. The first kappa shape index (κ1) is 21.9. The fraction of sp³-hybridized carbons (Fsp3) is 0.316. The van der Waals surface area contributed by atoms with Crippen molar-refractivity contribution in [2.24, 2.45) is 4.99 Å². The Morgan fingerprint density at radius 3 is 2.38 bits per heavy atom. The number of benzene rings is 1. The van der Waals surface area contributed by atoms with E-state index in [1.54, 1.807) is 13.2 Å². The third-order valence-corrected chi connectivity index (χ3v) is 3.62. The molecule has 0 aliphatic rings. The number of hydrogen-bond acceptors (Lipinski definition) is 3. The van der Waals surface area contributed by atoms with Crippen molar-refractivity contribution in [1.82, 2.24) is 20.9 Å². The van der Waals surface area contributed by atoms with Crippen LogP contribution >= 0.6 is 24.0 Å². The molecule has 1 aromatic heterocycles. The largest absolute Gasteiger partial charge is 0.356 e. The molecule has 0 bridgehead atoms. The van der Waals surface area contributed by atoms with Crippen LogP contribution in [0.25, 0.3) is 0 Å². The minimum atomic E-state index is -0.0522. The molecule has 1 amide bonds. The lowest BCUT2D eigenvalue weighted by Crippen LogP contribution is -2.44. The van der Waals surface area contributed by atoms with E-state index in [1.165, 1.54) is 5.56 Å². The predicted octanol–water partition coefficient (Wildman–Crippen LogP) is 1.77. The molecule has 1 aromatic carbocycles. The van der Waals surface area contributed by atoms with E-state index in [4.69, 9.17) is 0 Å². The van der Waals surface area contributed by atoms with Gasteiger partial charge in [-0.25, -0.2) is 0 Å². The van der Waals surface area contributed by atoms with Gasteiger partial charge in [-0.2, -0.15) is 0 Å². The highest BCUT2D eigenvalue weighted by molar-refractivity contribution is 14.0. The molecule has 2 rings (SSSR count). The van der Waals surface area contributed by atoms with Crippen LogP contribution in [0.2, 0.25) is 0 Å². The van der Waals surface area contributed by atoms with Gasteiger partial charge in [0.15, 0.2) is 5.96 Å². The minimum Gasteiger partial charge on any atom is -0.356 e. The van der Waals surface area contributed by atoms with Gasteiger partial charge in [0, 0.05) is 38.4 Å². The van der Waals surface area contributed by atoms with Crippen LogP contribution in [0.5, 0.6) is 0 Å². The van der Waals surface area contributed by atoms with E-state index in [0.29, 0.717) is 19.0 Å². The van der Waals surface area contributed by atoms with Gasteiger partial charge in [-0.3, -0.25) is 14.8 Å². The molecule has 0 aliphatic carbocycles. The van der Waals surface area contributed by atoms with Crippen LogP contribution in [0.15, 0.2) is 59.7 Å². The number of nitrogens with zero attached hydrogens (tertiary/aromatic N) is 2. The van der Waals surface area contributed by atoms with E-state index < -0.39 is 0 Å². The lowest BCUT2D eigenvalue weighted by Gasteiger charge is -2.12. The first-order valence-electron chi connectivity index (χ1n) is 8.43. The molecule has 3 N–H and O–H groups in total. The van der Waals surface area contributed by atoms with Gasteiger partial charge in [0.2, 0.25) is 5.91 Å². The van der Waals surface area contributed by atoms with Crippen molar-refractivity contribution in [3.63, 3.8) is 0 Å². The predicted molar refractivity (Wildman–Crippen MR) is 116 cm³/mol. The molecule has 2 aromatic rings. The maximum absolute atomic E-state index is 11.9. The number of aromatic nitrogens is 1. The Morgan fingerprint density at radius 1 is 0.962 bits per heavy atom. The van der Waals surface area contributed by atoms with Gasteiger partial charge in [0.05, 0.1) is 6.54 Å². The lowest BCUT2D eigenvalue weighted by molar-refractivity contribution is -0.119. The van der Waals surface area contributed by atoms with Gasteiger partial charge in [-0.05, 0) is 24.1 Å². The third kappa shape index (κ3) is 8.80. The van der Waals surface area contributed by atoms with E-state index in [0.717, 1.165) is 18.5 Å². The van der Waals surface area contributed by atoms with Crippen molar-refractivity contribution in [1.29, 1.82) is 0 Å². The molecule has 0 atom stereocenters. The zero-order valence-corrected chi connectivity index (χ0v) is 17.3. The van der Waals surface area contributed by atoms with Gasteiger partial charge >= 0.3 is 0 Å². The summed E-state index contributed by atoms with van der Waals surface area (Å²) in [5.41, 5.74) is 2.23. The van der Waals surface area contributed by atoms with Crippen LogP contribution in [0, 0.1) is 0 Å². The number of amides is 1. The number of guanidine groups is 1. The van der Waals surface area contributed by atoms with E-state index in [1.807, 2.05) is 36.4 Å². The summed E-state index contributed by atoms with van der Waals surface area (Å²) in [4.78, 5) is 20.3. The third-order valence-electron chi connectivity index (χ3n) is 3.62. The lowest BCUT2D eigenvalue weighted by atomic mass is 10.1. The average Bonchev–Trinajstić information content (AvgIpc) is 2.66. The number of rotatable bonds is 8. The normalized spacial score (nSPS) is 10.6. The zero-order chi connectivity index (χ0) is 17.7. The summed E-state index contributed by atoms with van der Waals surface area (Å²) in [6.07, 6.45) is 3.40. The number of halogens is 1. The number of carbonyl (C=O) groups is 1. The number of aliphatic imine (C=N–C) groups is 1. The number of hydrogen-bond donors (Lipinski definition) is 3. The molecule has 0 radical (unpaired) electrons. The van der Waals surface area contributed by atoms with Gasteiger partial charge in [-0.1, -0.05) is 36.4 Å². The molecule has 0 unspecified atom stereocenters. The molecular weight excluding hydrogens is 441 g/mol. The second kappa shape index (κ2) is 13.1. The summed E-state index contributed by atoms with van der Waals surface area (Å²) in [7, 11) is 1.68. The molecule has 0 saturated heterocycles. The first-order valence-corrected chi connectivity index (χ1v) is 8.43. The molecule has 6 nitrogen and oxygen atoms in total. The minimum absolute atomic E-state index is 0. The van der Waals surface area contributed by atoms with Gasteiger partial charge in [0.1, 0.15) is 0 Å². The Bertz CT molecular complexity index is 664. The van der Waals surface area contributed by atoms with Crippen LogP contribution in [0.4, 0.5) is 0 Å². The molecule has 0 fully saturated rings. The highest BCUT2D eigenvalue weighted by atomic mass is 127. The molecule has 140 valence electrons. The molecule has 7 heteroatoms. The van der Waals surface area contributed by atoms with Crippen molar-refractivity contribution < 1.29 is 4.79 Å². The maximum atomic E-state index is 11.9. The molecule has 26 heavy (non-hydrogen) atoms. The Hall–Kier alpha value is -2.16. The summed E-state index contributed by atoms with van der Waals surface area (Å²) in [5.74, 6) is 0.553. The second-order valence-corrected chi connectivity index (χ2v) is 5.51.